The third-order valence-corrected chi connectivity index (χ3v) is 5.87. The Labute approximate surface area is 166 Å². The van der Waals surface area contributed by atoms with E-state index in [4.69, 9.17) is 4.74 Å². The number of nitrogens with zero attached hydrogens (tertiary/aromatic N) is 2. The highest BCUT2D eigenvalue weighted by molar-refractivity contribution is 7.17. The molecule has 0 spiro atoms. The molecule has 138 valence electrons. The largest absolute Gasteiger partial charge is 0.488 e. The summed E-state index contributed by atoms with van der Waals surface area (Å²) >= 11 is 1.51. The van der Waals surface area contributed by atoms with E-state index in [2.05, 4.69) is 10.4 Å². The fourth-order valence-electron chi connectivity index (χ4n) is 3.28. The smallest absolute Gasteiger partial charge is 0.265 e. The minimum atomic E-state index is -0.100. The van der Waals surface area contributed by atoms with Crippen molar-refractivity contribution >= 4 is 22.9 Å². The van der Waals surface area contributed by atoms with Crippen LogP contribution < -0.4 is 10.1 Å². The summed E-state index contributed by atoms with van der Waals surface area (Å²) in [5, 5.41) is 7.19. The van der Waals surface area contributed by atoms with E-state index in [1.54, 1.807) is 6.20 Å². The number of carbonyl (C=O) groups is 1. The first-order chi connectivity index (χ1) is 13.8. The van der Waals surface area contributed by atoms with Crippen molar-refractivity contribution in [3.8, 4) is 16.2 Å². The van der Waals surface area contributed by atoms with Crippen LogP contribution in [0.3, 0.4) is 0 Å². The number of nitrogens with one attached hydrogen (secondary N) is 1. The van der Waals surface area contributed by atoms with Crippen LogP contribution in [0.15, 0.2) is 73.1 Å². The number of hydrogen-bond donors (Lipinski definition) is 1. The van der Waals surface area contributed by atoms with Gasteiger partial charge in [-0.25, -0.2) is 0 Å². The highest BCUT2D eigenvalue weighted by atomic mass is 32.1. The molecule has 0 saturated heterocycles. The molecule has 2 aromatic heterocycles. The normalized spacial score (nSPS) is 12.0. The van der Waals surface area contributed by atoms with Crippen LogP contribution in [0, 0.1) is 0 Å². The van der Waals surface area contributed by atoms with Gasteiger partial charge in [0.1, 0.15) is 12.4 Å². The Hall–Kier alpha value is -3.38. The first-order valence-corrected chi connectivity index (χ1v) is 9.80. The molecule has 3 heterocycles. The number of benzene rings is 2. The molecule has 28 heavy (non-hydrogen) atoms. The third kappa shape index (κ3) is 3.18. The van der Waals surface area contributed by atoms with Gasteiger partial charge in [-0.2, -0.15) is 5.10 Å². The zero-order chi connectivity index (χ0) is 18.9. The van der Waals surface area contributed by atoms with Crippen molar-refractivity contribution in [3.63, 3.8) is 0 Å². The molecule has 4 aromatic rings. The van der Waals surface area contributed by atoms with Crippen LogP contribution in [0.25, 0.3) is 10.4 Å². The number of carbonyl (C=O) groups excluding carboxylic acids is 1. The minimum Gasteiger partial charge on any atom is -0.488 e. The van der Waals surface area contributed by atoms with Gasteiger partial charge in [0.25, 0.3) is 5.91 Å². The van der Waals surface area contributed by atoms with E-state index < -0.39 is 0 Å². The zero-order valence-electron chi connectivity index (χ0n) is 15.0. The third-order valence-electron chi connectivity index (χ3n) is 4.66. The maximum atomic E-state index is 12.7. The second-order valence-electron chi connectivity index (χ2n) is 6.60. The predicted octanol–water partition coefficient (Wildman–Crippen LogP) is 4.80. The molecule has 0 atom stereocenters. The van der Waals surface area contributed by atoms with Crippen molar-refractivity contribution in [3.05, 3.63) is 89.1 Å². The number of ether oxygens (including phenoxy) is 1. The Bertz CT molecular complexity index is 1130. The lowest BCUT2D eigenvalue weighted by Crippen LogP contribution is -2.10. The molecule has 1 aliphatic rings. The molecule has 1 amide bonds. The maximum Gasteiger partial charge on any atom is 0.265 e. The van der Waals surface area contributed by atoms with E-state index in [0.29, 0.717) is 18.0 Å². The van der Waals surface area contributed by atoms with Gasteiger partial charge in [-0.05, 0) is 42.0 Å². The van der Waals surface area contributed by atoms with Gasteiger partial charge in [-0.1, -0.05) is 24.3 Å². The van der Waals surface area contributed by atoms with Crippen LogP contribution in [-0.4, -0.2) is 15.7 Å². The van der Waals surface area contributed by atoms with E-state index >= 15 is 0 Å². The number of fused-ring (bicyclic) bond motifs is 3. The number of anilines is 1. The molecule has 0 aliphatic carbocycles. The molecule has 0 bridgehead atoms. The van der Waals surface area contributed by atoms with Crippen LogP contribution in [-0.2, 0) is 13.2 Å². The molecule has 1 aliphatic heterocycles. The van der Waals surface area contributed by atoms with Crippen molar-refractivity contribution in [1.29, 1.82) is 0 Å². The highest BCUT2D eigenvalue weighted by Gasteiger charge is 2.22. The van der Waals surface area contributed by atoms with E-state index in [0.717, 1.165) is 33.0 Å². The van der Waals surface area contributed by atoms with Crippen molar-refractivity contribution in [2.75, 3.05) is 5.32 Å². The molecule has 0 radical (unpaired) electrons. The number of amides is 1. The van der Waals surface area contributed by atoms with E-state index in [1.165, 1.54) is 11.3 Å². The summed E-state index contributed by atoms with van der Waals surface area (Å²) in [4.78, 5) is 14.5. The van der Waals surface area contributed by atoms with Crippen LogP contribution in [0.4, 0.5) is 5.69 Å². The van der Waals surface area contributed by atoms with Crippen LogP contribution in [0.1, 0.15) is 20.8 Å². The SMILES string of the molecule is O=C(Nc1ccc(Cn2cccn2)cc1)c1cc2c(s1)-c1ccccc1OC2. The van der Waals surface area contributed by atoms with Gasteiger partial charge in [-0.3, -0.25) is 9.48 Å². The van der Waals surface area contributed by atoms with Gasteiger partial charge in [0.2, 0.25) is 0 Å². The number of rotatable bonds is 4. The predicted molar refractivity (Wildman–Crippen MR) is 110 cm³/mol. The van der Waals surface area contributed by atoms with Gasteiger partial charge in [-0.15, -0.1) is 11.3 Å². The quantitative estimate of drug-likeness (QED) is 0.547. The Balaban J connectivity index is 1.32. The lowest BCUT2D eigenvalue weighted by Gasteiger charge is -2.16. The number of aromatic nitrogens is 2. The van der Waals surface area contributed by atoms with Gasteiger partial charge in [0, 0.05) is 34.1 Å². The molecule has 5 nitrogen and oxygen atoms in total. The fraction of sp³-hybridized carbons (Fsp3) is 0.0909. The summed E-state index contributed by atoms with van der Waals surface area (Å²) in [6.07, 6.45) is 3.69. The summed E-state index contributed by atoms with van der Waals surface area (Å²) in [5.41, 5.74) is 4.01. The molecular weight excluding hydrogens is 370 g/mol. The molecule has 0 unspecified atom stereocenters. The second-order valence-corrected chi connectivity index (χ2v) is 7.66. The van der Waals surface area contributed by atoms with Crippen molar-refractivity contribution in [1.82, 2.24) is 9.78 Å². The van der Waals surface area contributed by atoms with Crippen molar-refractivity contribution < 1.29 is 9.53 Å². The van der Waals surface area contributed by atoms with Crippen LogP contribution in [0.5, 0.6) is 5.75 Å². The molecular formula is C22H17N3O2S. The van der Waals surface area contributed by atoms with E-state index in [9.17, 15) is 4.79 Å². The molecule has 0 saturated carbocycles. The number of thiophene rings is 1. The fourth-order valence-corrected chi connectivity index (χ4v) is 4.37. The monoisotopic (exact) mass is 387 g/mol. The molecule has 5 rings (SSSR count). The van der Waals surface area contributed by atoms with E-state index in [-0.39, 0.29) is 5.91 Å². The lowest BCUT2D eigenvalue weighted by molar-refractivity contribution is 0.103. The average molecular weight is 387 g/mol. The number of hydrogen-bond acceptors (Lipinski definition) is 4. The first-order valence-electron chi connectivity index (χ1n) is 8.99. The topological polar surface area (TPSA) is 56.2 Å². The summed E-state index contributed by atoms with van der Waals surface area (Å²) in [6.45, 7) is 1.20. The lowest BCUT2D eigenvalue weighted by atomic mass is 10.1. The van der Waals surface area contributed by atoms with Gasteiger partial charge < -0.3 is 10.1 Å². The number of para-hydroxylation sites is 1. The van der Waals surface area contributed by atoms with Crippen LogP contribution >= 0.6 is 11.3 Å². The zero-order valence-corrected chi connectivity index (χ0v) is 15.8. The van der Waals surface area contributed by atoms with Crippen LogP contribution in [0.2, 0.25) is 0 Å². The molecule has 2 aromatic carbocycles. The minimum absolute atomic E-state index is 0.100. The molecule has 6 heteroatoms. The van der Waals surface area contributed by atoms with Gasteiger partial charge in [0.05, 0.1) is 11.4 Å². The van der Waals surface area contributed by atoms with Gasteiger partial charge in [0.15, 0.2) is 0 Å². The van der Waals surface area contributed by atoms with Gasteiger partial charge >= 0.3 is 0 Å². The van der Waals surface area contributed by atoms with E-state index in [1.807, 2.05) is 71.5 Å². The average Bonchev–Trinajstić information content (AvgIpc) is 3.39. The second kappa shape index (κ2) is 6.98. The van der Waals surface area contributed by atoms with Crippen molar-refractivity contribution in [2.45, 2.75) is 13.2 Å². The summed E-state index contributed by atoms with van der Waals surface area (Å²) in [6, 6.07) is 19.6. The Morgan fingerprint density at radius 1 is 1.14 bits per heavy atom. The maximum absolute atomic E-state index is 12.7. The Morgan fingerprint density at radius 3 is 2.82 bits per heavy atom. The Kier molecular flexibility index (Phi) is 4.18. The summed E-state index contributed by atoms with van der Waals surface area (Å²) in [5.74, 6) is 0.772. The summed E-state index contributed by atoms with van der Waals surface area (Å²) in [7, 11) is 0. The first kappa shape index (κ1) is 16.8. The summed E-state index contributed by atoms with van der Waals surface area (Å²) < 4.78 is 7.65. The Morgan fingerprint density at radius 2 is 2.00 bits per heavy atom. The molecule has 1 N–H and O–H groups in total. The highest BCUT2D eigenvalue weighted by Crippen LogP contribution is 2.42. The van der Waals surface area contributed by atoms with Crippen molar-refractivity contribution in [2.24, 2.45) is 0 Å². The molecule has 0 fully saturated rings. The standard InChI is InChI=1S/C22H17N3O2S/c26-22(24-17-8-6-15(7-9-17)13-25-11-3-10-23-25)20-12-16-14-27-19-5-2-1-4-18(19)21(16)28-20/h1-12H,13-14H2,(H,24,26).